The Hall–Kier alpha value is -2.61. The van der Waals surface area contributed by atoms with E-state index in [2.05, 4.69) is 17.2 Å². The summed E-state index contributed by atoms with van der Waals surface area (Å²) in [4.78, 5) is 12.8. The Balaban J connectivity index is 1.67. The summed E-state index contributed by atoms with van der Waals surface area (Å²) in [6.45, 7) is 6.61. The van der Waals surface area contributed by atoms with Gasteiger partial charge in [0.15, 0.2) is 5.88 Å². The van der Waals surface area contributed by atoms with E-state index in [0.717, 1.165) is 44.5 Å². The van der Waals surface area contributed by atoms with Gasteiger partial charge >= 0.3 is 0 Å². The molecule has 0 radical (unpaired) electrons. The molecule has 35 heavy (non-hydrogen) atoms. The summed E-state index contributed by atoms with van der Waals surface area (Å²) in [5.74, 6) is -0.0430. The van der Waals surface area contributed by atoms with Crippen molar-refractivity contribution in [3.8, 4) is 0 Å². The minimum atomic E-state index is -0.574. The van der Waals surface area contributed by atoms with E-state index in [9.17, 15) is 9.18 Å². The summed E-state index contributed by atoms with van der Waals surface area (Å²) in [6, 6.07) is 11.8. The lowest BCUT2D eigenvalue weighted by Gasteiger charge is -2.22. The SMILES string of the molecule is C=C(NCCOC(c1cccc(Cl)c1)c1ccc(F)c(C(=O)NCCCC2CCCOC2)c1)OC. The van der Waals surface area contributed by atoms with Crippen molar-refractivity contribution in [2.24, 2.45) is 5.92 Å². The molecule has 1 aliphatic heterocycles. The number of ether oxygens (including phenoxy) is 3. The molecule has 0 bridgehead atoms. The van der Waals surface area contributed by atoms with E-state index in [4.69, 9.17) is 25.8 Å². The number of methoxy groups -OCH3 is 1. The zero-order valence-electron chi connectivity index (χ0n) is 20.2. The van der Waals surface area contributed by atoms with Crippen LogP contribution in [0.1, 0.15) is 53.3 Å². The van der Waals surface area contributed by atoms with Crippen LogP contribution in [-0.4, -0.2) is 45.9 Å². The van der Waals surface area contributed by atoms with Crippen LogP contribution < -0.4 is 10.6 Å². The molecule has 2 aromatic carbocycles. The fraction of sp³-hybridized carbons (Fsp3) is 0.444. The summed E-state index contributed by atoms with van der Waals surface area (Å²) in [7, 11) is 1.53. The maximum absolute atomic E-state index is 14.6. The monoisotopic (exact) mass is 504 g/mol. The highest BCUT2D eigenvalue weighted by Crippen LogP contribution is 2.29. The Kier molecular flexibility index (Phi) is 10.8. The van der Waals surface area contributed by atoms with Crippen molar-refractivity contribution >= 4 is 17.5 Å². The lowest BCUT2D eigenvalue weighted by molar-refractivity contribution is 0.0509. The molecular weight excluding hydrogens is 471 g/mol. The number of carbonyl (C=O) groups is 1. The van der Waals surface area contributed by atoms with Gasteiger partial charge in [-0.25, -0.2) is 4.39 Å². The molecule has 1 heterocycles. The van der Waals surface area contributed by atoms with E-state index >= 15 is 0 Å². The summed E-state index contributed by atoms with van der Waals surface area (Å²) in [5, 5.41) is 6.40. The van der Waals surface area contributed by atoms with Gasteiger partial charge in [-0.05, 0) is 73.6 Å². The highest BCUT2D eigenvalue weighted by molar-refractivity contribution is 6.30. The van der Waals surface area contributed by atoms with Gasteiger partial charge in [-0.3, -0.25) is 4.79 Å². The highest BCUT2D eigenvalue weighted by atomic mass is 35.5. The third kappa shape index (κ3) is 8.53. The Bertz CT molecular complexity index is 981. The van der Waals surface area contributed by atoms with Crippen LogP contribution in [0.4, 0.5) is 4.39 Å². The molecule has 2 unspecified atom stereocenters. The van der Waals surface area contributed by atoms with Crippen LogP contribution in [0.5, 0.6) is 0 Å². The van der Waals surface area contributed by atoms with Crippen LogP contribution >= 0.6 is 11.6 Å². The Morgan fingerprint density at radius 2 is 2.06 bits per heavy atom. The van der Waals surface area contributed by atoms with Crippen molar-refractivity contribution in [2.45, 2.75) is 31.8 Å². The van der Waals surface area contributed by atoms with Gasteiger partial charge in [-0.15, -0.1) is 0 Å². The summed E-state index contributed by atoms with van der Waals surface area (Å²) < 4.78 is 31.2. The number of amides is 1. The summed E-state index contributed by atoms with van der Waals surface area (Å²) >= 11 is 6.20. The van der Waals surface area contributed by atoms with Gasteiger partial charge in [-0.1, -0.05) is 29.8 Å². The lowest BCUT2D eigenvalue weighted by Crippen LogP contribution is -2.27. The van der Waals surface area contributed by atoms with Gasteiger partial charge in [0.2, 0.25) is 0 Å². The first kappa shape index (κ1) is 27.0. The topological polar surface area (TPSA) is 68.8 Å². The first-order valence-electron chi connectivity index (χ1n) is 12.0. The molecule has 8 heteroatoms. The van der Waals surface area contributed by atoms with Crippen molar-refractivity contribution in [3.05, 3.63) is 82.5 Å². The van der Waals surface area contributed by atoms with Crippen molar-refractivity contribution < 1.29 is 23.4 Å². The molecule has 1 fully saturated rings. The minimum Gasteiger partial charge on any atom is -0.483 e. The largest absolute Gasteiger partial charge is 0.483 e. The fourth-order valence-corrected chi connectivity index (χ4v) is 4.30. The second-order valence-electron chi connectivity index (χ2n) is 8.58. The summed E-state index contributed by atoms with van der Waals surface area (Å²) in [5.41, 5.74) is 1.45. The van der Waals surface area contributed by atoms with Gasteiger partial charge in [-0.2, -0.15) is 0 Å². The van der Waals surface area contributed by atoms with Gasteiger partial charge < -0.3 is 24.8 Å². The molecule has 2 atom stereocenters. The van der Waals surface area contributed by atoms with E-state index in [-0.39, 0.29) is 5.56 Å². The zero-order chi connectivity index (χ0) is 25.0. The Labute approximate surface area is 211 Å². The predicted octanol–water partition coefficient (Wildman–Crippen LogP) is 5.23. The van der Waals surface area contributed by atoms with Gasteiger partial charge in [0.1, 0.15) is 11.9 Å². The van der Waals surface area contributed by atoms with Crippen molar-refractivity contribution in [1.29, 1.82) is 0 Å². The molecular formula is C27H34ClFN2O4. The highest BCUT2D eigenvalue weighted by Gasteiger charge is 2.20. The smallest absolute Gasteiger partial charge is 0.254 e. The van der Waals surface area contributed by atoms with Crippen LogP contribution in [-0.2, 0) is 14.2 Å². The van der Waals surface area contributed by atoms with Crippen molar-refractivity contribution in [3.63, 3.8) is 0 Å². The van der Waals surface area contributed by atoms with Crippen molar-refractivity contribution in [1.82, 2.24) is 10.6 Å². The quantitative estimate of drug-likeness (QED) is 0.289. The van der Waals surface area contributed by atoms with Gasteiger partial charge in [0.25, 0.3) is 5.91 Å². The first-order chi connectivity index (χ1) is 17.0. The molecule has 1 saturated heterocycles. The molecule has 3 rings (SSSR count). The van der Waals surface area contributed by atoms with E-state index in [1.165, 1.54) is 13.2 Å². The van der Waals surface area contributed by atoms with Gasteiger partial charge in [0.05, 0.1) is 19.3 Å². The molecule has 190 valence electrons. The van der Waals surface area contributed by atoms with Crippen LogP contribution in [0.15, 0.2) is 54.9 Å². The minimum absolute atomic E-state index is 0.00925. The average Bonchev–Trinajstić information content (AvgIpc) is 2.87. The predicted molar refractivity (Wildman–Crippen MR) is 135 cm³/mol. The average molecular weight is 505 g/mol. The zero-order valence-corrected chi connectivity index (χ0v) is 20.9. The Morgan fingerprint density at radius 3 is 2.80 bits per heavy atom. The normalized spacial score (nSPS) is 16.4. The number of benzene rings is 2. The van der Waals surface area contributed by atoms with Crippen LogP contribution in [0.2, 0.25) is 5.02 Å². The Morgan fingerprint density at radius 1 is 1.23 bits per heavy atom. The maximum Gasteiger partial charge on any atom is 0.254 e. The number of hydrogen-bond donors (Lipinski definition) is 2. The van der Waals surface area contributed by atoms with Gasteiger partial charge in [0, 0.05) is 31.3 Å². The van der Waals surface area contributed by atoms with Crippen LogP contribution in [0.25, 0.3) is 0 Å². The lowest BCUT2D eigenvalue weighted by atomic mass is 9.97. The number of rotatable bonds is 13. The van der Waals surface area contributed by atoms with Crippen LogP contribution in [0.3, 0.4) is 0 Å². The second-order valence-corrected chi connectivity index (χ2v) is 9.02. The molecule has 1 aliphatic rings. The third-order valence-electron chi connectivity index (χ3n) is 5.97. The van der Waals surface area contributed by atoms with E-state index < -0.39 is 17.8 Å². The number of hydrogen-bond acceptors (Lipinski definition) is 5. The molecule has 2 N–H and O–H groups in total. The molecule has 6 nitrogen and oxygen atoms in total. The number of nitrogens with one attached hydrogen (secondary N) is 2. The standard InChI is InChI=1S/C27H34ClFN2O4/c1-19(33-2)30-13-15-35-26(21-8-3-9-23(28)16-21)22-10-11-25(29)24(17-22)27(32)31-12-4-6-20-7-5-14-34-18-20/h3,8-11,16-17,20,26,30H,1,4-7,12-15,18H2,2H3,(H,31,32). The maximum atomic E-state index is 14.6. The van der Waals surface area contributed by atoms with Crippen molar-refractivity contribution in [2.75, 3.05) is 40.0 Å². The molecule has 0 spiro atoms. The fourth-order valence-electron chi connectivity index (χ4n) is 4.10. The molecule has 1 amide bonds. The van der Waals surface area contributed by atoms with E-state index in [1.807, 2.05) is 12.1 Å². The second kappa shape index (κ2) is 14.1. The van der Waals surface area contributed by atoms with E-state index in [1.54, 1.807) is 24.3 Å². The third-order valence-corrected chi connectivity index (χ3v) is 6.21. The first-order valence-corrected chi connectivity index (χ1v) is 12.3. The van der Waals surface area contributed by atoms with E-state index in [0.29, 0.717) is 42.1 Å². The molecule has 0 aliphatic carbocycles. The van der Waals surface area contributed by atoms with Crippen LogP contribution in [0, 0.1) is 11.7 Å². The number of carbonyl (C=O) groups excluding carboxylic acids is 1. The molecule has 0 saturated carbocycles. The number of halogens is 2. The molecule has 0 aromatic heterocycles. The molecule has 2 aromatic rings. The summed E-state index contributed by atoms with van der Waals surface area (Å²) in [6.07, 6.45) is 3.52.